The Kier molecular flexibility index (Phi) is 4.13. The largest absolute Gasteiger partial charge is 0.497 e. The molecule has 1 amide bonds. The van der Waals surface area contributed by atoms with Crippen LogP contribution in [-0.2, 0) is 11.2 Å². The van der Waals surface area contributed by atoms with Crippen LogP contribution in [0.15, 0.2) is 18.2 Å². The van der Waals surface area contributed by atoms with Gasteiger partial charge in [0.25, 0.3) is 0 Å². The van der Waals surface area contributed by atoms with E-state index in [-0.39, 0.29) is 5.91 Å². The van der Waals surface area contributed by atoms with Crippen LogP contribution in [-0.4, -0.2) is 19.6 Å². The van der Waals surface area contributed by atoms with Gasteiger partial charge in [0.2, 0.25) is 5.91 Å². The zero-order valence-corrected chi connectivity index (χ0v) is 12.3. The molecule has 1 unspecified atom stereocenters. The Morgan fingerprint density at radius 2 is 2.21 bits per heavy atom. The molecule has 0 radical (unpaired) electrons. The van der Waals surface area contributed by atoms with Gasteiger partial charge in [0.15, 0.2) is 0 Å². The van der Waals surface area contributed by atoms with Crippen molar-refractivity contribution in [1.29, 1.82) is 0 Å². The third-order valence-electron chi connectivity index (χ3n) is 3.52. The maximum atomic E-state index is 12.4. The molecule has 0 spiro atoms. The second-order valence-corrected chi connectivity index (χ2v) is 5.91. The molecule has 0 aromatic heterocycles. The summed E-state index contributed by atoms with van der Waals surface area (Å²) in [5, 5.41) is 0. The summed E-state index contributed by atoms with van der Waals surface area (Å²) in [7, 11) is 1.68. The molecule has 19 heavy (non-hydrogen) atoms. The van der Waals surface area contributed by atoms with Gasteiger partial charge in [-0.25, -0.2) is 0 Å². The van der Waals surface area contributed by atoms with Crippen molar-refractivity contribution in [3.63, 3.8) is 0 Å². The van der Waals surface area contributed by atoms with Gasteiger partial charge in [-0.3, -0.25) is 4.79 Å². The number of carbonyl (C=O) groups excluding carboxylic acids is 1. The van der Waals surface area contributed by atoms with Crippen molar-refractivity contribution in [3.05, 3.63) is 23.8 Å². The van der Waals surface area contributed by atoms with Gasteiger partial charge < -0.3 is 9.64 Å². The molecule has 3 heteroatoms. The first kappa shape index (κ1) is 13.9. The number of rotatable bonds is 3. The summed E-state index contributed by atoms with van der Waals surface area (Å²) in [6.45, 7) is 7.18. The predicted octanol–water partition coefficient (Wildman–Crippen LogP) is 3.27. The average Bonchev–Trinajstić information content (AvgIpc) is 2.36. The van der Waals surface area contributed by atoms with Gasteiger partial charge in [-0.15, -0.1) is 0 Å². The molecule has 2 rings (SSSR count). The maximum Gasteiger partial charge on any atom is 0.227 e. The topological polar surface area (TPSA) is 29.5 Å². The summed E-state index contributed by atoms with van der Waals surface area (Å²) in [6.07, 6.45) is 1.62. The van der Waals surface area contributed by atoms with Crippen LogP contribution in [0.1, 0.15) is 32.8 Å². The summed E-state index contributed by atoms with van der Waals surface area (Å²) in [4.78, 5) is 14.3. The van der Waals surface area contributed by atoms with Crippen molar-refractivity contribution in [3.8, 4) is 5.75 Å². The quantitative estimate of drug-likeness (QED) is 0.835. The standard InChI is InChI=1S/C16H23NO2/c1-11(2)7-16(18)17-10-12(3)8-13-9-14(19-4)5-6-15(13)17/h5-6,9,11-12H,7-8,10H2,1-4H3. The molecule has 1 atom stereocenters. The number of methoxy groups -OCH3 is 1. The maximum absolute atomic E-state index is 12.4. The van der Waals surface area contributed by atoms with Gasteiger partial charge in [0, 0.05) is 18.7 Å². The number of hydrogen-bond donors (Lipinski definition) is 0. The van der Waals surface area contributed by atoms with E-state index in [2.05, 4.69) is 26.8 Å². The van der Waals surface area contributed by atoms with Crippen LogP contribution >= 0.6 is 0 Å². The predicted molar refractivity (Wildman–Crippen MR) is 77.7 cm³/mol. The molecule has 1 heterocycles. The second kappa shape index (κ2) is 5.64. The summed E-state index contributed by atoms with van der Waals surface area (Å²) < 4.78 is 5.27. The van der Waals surface area contributed by atoms with E-state index in [4.69, 9.17) is 4.74 Å². The Labute approximate surface area is 115 Å². The highest BCUT2D eigenvalue weighted by atomic mass is 16.5. The van der Waals surface area contributed by atoms with Crippen LogP contribution in [0.25, 0.3) is 0 Å². The summed E-state index contributed by atoms with van der Waals surface area (Å²) in [5.41, 5.74) is 2.28. The van der Waals surface area contributed by atoms with Gasteiger partial charge in [-0.1, -0.05) is 20.8 Å². The molecule has 0 bridgehead atoms. The highest BCUT2D eigenvalue weighted by Crippen LogP contribution is 2.33. The van der Waals surface area contributed by atoms with Crippen molar-refractivity contribution in [2.45, 2.75) is 33.6 Å². The third-order valence-corrected chi connectivity index (χ3v) is 3.52. The molecule has 1 aliphatic heterocycles. The van der Waals surface area contributed by atoms with Crippen LogP contribution < -0.4 is 9.64 Å². The Morgan fingerprint density at radius 1 is 1.47 bits per heavy atom. The van der Waals surface area contributed by atoms with Gasteiger partial charge in [-0.05, 0) is 42.0 Å². The van der Waals surface area contributed by atoms with E-state index in [0.717, 1.165) is 24.4 Å². The lowest BCUT2D eigenvalue weighted by molar-refractivity contribution is -0.119. The highest BCUT2D eigenvalue weighted by Gasteiger charge is 2.26. The van der Waals surface area contributed by atoms with Crippen molar-refractivity contribution >= 4 is 11.6 Å². The third kappa shape index (κ3) is 3.09. The Bertz CT molecular complexity index is 468. The van der Waals surface area contributed by atoms with Crippen LogP contribution in [0.3, 0.4) is 0 Å². The van der Waals surface area contributed by atoms with E-state index in [0.29, 0.717) is 18.3 Å². The van der Waals surface area contributed by atoms with Crippen molar-refractivity contribution in [2.24, 2.45) is 11.8 Å². The molecule has 3 nitrogen and oxygen atoms in total. The van der Waals surface area contributed by atoms with Crippen LogP contribution in [0.2, 0.25) is 0 Å². The van der Waals surface area contributed by atoms with Crippen molar-refractivity contribution in [2.75, 3.05) is 18.6 Å². The van der Waals surface area contributed by atoms with E-state index in [1.54, 1.807) is 7.11 Å². The van der Waals surface area contributed by atoms with E-state index in [1.807, 2.05) is 17.0 Å². The van der Waals surface area contributed by atoms with Crippen LogP contribution in [0.5, 0.6) is 5.75 Å². The SMILES string of the molecule is COc1ccc2c(c1)CC(C)CN2C(=O)CC(C)C. The number of amides is 1. The smallest absolute Gasteiger partial charge is 0.227 e. The minimum absolute atomic E-state index is 0.230. The minimum atomic E-state index is 0.230. The molecule has 0 saturated heterocycles. The fraction of sp³-hybridized carbons (Fsp3) is 0.562. The number of ether oxygens (including phenoxy) is 1. The fourth-order valence-electron chi connectivity index (χ4n) is 2.66. The first-order chi connectivity index (χ1) is 9.01. The number of anilines is 1. The van der Waals surface area contributed by atoms with Gasteiger partial charge in [-0.2, -0.15) is 0 Å². The monoisotopic (exact) mass is 261 g/mol. The summed E-state index contributed by atoms with van der Waals surface area (Å²) >= 11 is 0. The Balaban J connectivity index is 2.30. The lowest BCUT2D eigenvalue weighted by atomic mass is 9.93. The van der Waals surface area contributed by atoms with Crippen molar-refractivity contribution < 1.29 is 9.53 Å². The molecule has 104 valence electrons. The molecule has 0 fully saturated rings. The molecule has 1 aromatic rings. The molecular formula is C16H23NO2. The summed E-state index contributed by atoms with van der Waals surface area (Å²) in [5.74, 6) is 1.99. The highest BCUT2D eigenvalue weighted by molar-refractivity contribution is 5.94. The summed E-state index contributed by atoms with van der Waals surface area (Å²) in [6, 6.07) is 6.00. The number of fused-ring (bicyclic) bond motifs is 1. The van der Waals surface area contributed by atoms with E-state index in [9.17, 15) is 4.79 Å². The zero-order chi connectivity index (χ0) is 14.0. The van der Waals surface area contributed by atoms with Crippen molar-refractivity contribution in [1.82, 2.24) is 0 Å². The number of hydrogen-bond acceptors (Lipinski definition) is 2. The van der Waals surface area contributed by atoms with Crippen LogP contribution in [0.4, 0.5) is 5.69 Å². The van der Waals surface area contributed by atoms with E-state index < -0.39 is 0 Å². The zero-order valence-electron chi connectivity index (χ0n) is 12.3. The molecule has 0 aliphatic carbocycles. The number of benzene rings is 1. The molecule has 0 N–H and O–H groups in total. The van der Waals surface area contributed by atoms with Gasteiger partial charge in [0.05, 0.1) is 7.11 Å². The normalized spacial score (nSPS) is 18.4. The molecule has 1 aromatic carbocycles. The molecule has 0 saturated carbocycles. The second-order valence-electron chi connectivity index (χ2n) is 5.91. The van der Waals surface area contributed by atoms with Gasteiger partial charge >= 0.3 is 0 Å². The van der Waals surface area contributed by atoms with Crippen LogP contribution in [0, 0.1) is 11.8 Å². The molecule has 1 aliphatic rings. The average molecular weight is 261 g/mol. The fourth-order valence-corrected chi connectivity index (χ4v) is 2.66. The number of carbonyl (C=O) groups is 1. The Morgan fingerprint density at radius 3 is 2.84 bits per heavy atom. The Hall–Kier alpha value is -1.51. The van der Waals surface area contributed by atoms with Gasteiger partial charge in [0.1, 0.15) is 5.75 Å². The first-order valence-corrected chi connectivity index (χ1v) is 6.98. The molecular weight excluding hydrogens is 238 g/mol. The lowest BCUT2D eigenvalue weighted by Crippen LogP contribution is -2.39. The number of nitrogens with zero attached hydrogens (tertiary/aromatic N) is 1. The first-order valence-electron chi connectivity index (χ1n) is 6.98. The minimum Gasteiger partial charge on any atom is -0.497 e. The van der Waals surface area contributed by atoms with E-state index in [1.165, 1.54) is 5.56 Å². The lowest BCUT2D eigenvalue weighted by Gasteiger charge is -2.34. The van der Waals surface area contributed by atoms with E-state index >= 15 is 0 Å².